The molecule has 4 heteroatoms. The average Bonchev–Trinajstić information content (AvgIpc) is 2.86. The van der Waals surface area contributed by atoms with Crippen LogP contribution in [0.5, 0.6) is 0 Å². The average molecular weight is 251 g/mol. The summed E-state index contributed by atoms with van der Waals surface area (Å²) in [7, 11) is 2.02. The van der Waals surface area contributed by atoms with E-state index in [0.29, 0.717) is 6.04 Å². The van der Waals surface area contributed by atoms with Crippen molar-refractivity contribution >= 4 is 0 Å². The number of ether oxygens (including phenoxy) is 1. The molecule has 0 aromatic carbocycles. The first-order valence-corrected chi connectivity index (χ1v) is 6.92. The first-order chi connectivity index (χ1) is 8.55. The third-order valence-electron chi connectivity index (χ3n) is 3.95. The molecule has 0 saturated carbocycles. The van der Waals surface area contributed by atoms with E-state index in [1.165, 1.54) is 12.1 Å². The van der Waals surface area contributed by atoms with E-state index in [4.69, 9.17) is 4.74 Å². The lowest BCUT2D eigenvalue weighted by molar-refractivity contribution is -0.0114. The van der Waals surface area contributed by atoms with Crippen molar-refractivity contribution in [1.82, 2.24) is 15.1 Å². The number of hydrogen-bond donors (Lipinski definition) is 1. The number of aromatic nitrogens is 2. The van der Waals surface area contributed by atoms with Gasteiger partial charge < -0.3 is 10.1 Å². The number of aryl methyl sites for hydroxylation is 2. The van der Waals surface area contributed by atoms with E-state index >= 15 is 0 Å². The Morgan fingerprint density at radius 1 is 1.61 bits per heavy atom. The third kappa shape index (κ3) is 2.75. The van der Waals surface area contributed by atoms with Gasteiger partial charge in [0.1, 0.15) is 0 Å². The quantitative estimate of drug-likeness (QED) is 0.867. The summed E-state index contributed by atoms with van der Waals surface area (Å²) in [6.45, 7) is 8.29. The monoisotopic (exact) mass is 251 g/mol. The SMILES string of the molecule is CCNC(Cc1cc(C)nn1C)C1(C)CCCO1. The Morgan fingerprint density at radius 3 is 2.89 bits per heavy atom. The predicted octanol–water partition coefficient (Wildman–Crippen LogP) is 1.82. The van der Waals surface area contributed by atoms with Crippen LogP contribution < -0.4 is 5.32 Å². The van der Waals surface area contributed by atoms with Crippen molar-refractivity contribution in [2.75, 3.05) is 13.2 Å². The zero-order valence-corrected chi connectivity index (χ0v) is 12.0. The van der Waals surface area contributed by atoms with E-state index in [-0.39, 0.29) is 5.60 Å². The number of nitrogens with zero attached hydrogens (tertiary/aromatic N) is 2. The molecule has 0 amide bonds. The zero-order chi connectivity index (χ0) is 13.2. The first-order valence-electron chi connectivity index (χ1n) is 6.92. The van der Waals surface area contributed by atoms with Crippen LogP contribution in [0, 0.1) is 6.92 Å². The van der Waals surface area contributed by atoms with E-state index in [1.54, 1.807) is 0 Å². The van der Waals surface area contributed by atoms with Crippen molar-refractivity contribution in [3.63, 3.8) is 0 Å². The Labute approximate surface area is 110 Å². The second-order valence-corrected chi connectivity index (χ2v) is 5.48. The molecule has 1 fully saturated rings. The van der Waals surface area contributed by atoms with E-state index in [9.17, 15) is 0 Å². The molecule has 0 spiro atoms. The molecule has 4 nitrogen and oxygen atoms in total. The maximum absolute atomic E-state index is 5.98. The summed E-state index contributed by atoms with van der Waals surface area (Å²) in [5.41, 5.74) is 2.32. The van der Waals surface area contributed by atoms with Crippen molar-refractivity contribution in [3.05, 3.63) is 17.5 Å². The number of nitrogens with one attached hydrogen (secondary N) is 1. The fourth-order valence-electron chi connectivity index (χ4n) is 2.89. The summed E-state index contributed by atoms with van der Waals surface area (Å²) < 4.78 is 7.97. The molecule has 0 radical (unpaired) electrons. The van der Waals surface area contributed by atoms with Crippen molar-refractivity contribution < 1.29 is 4.74 Å². The number of likely N-dealkylation sites (N-methyl/N-ethyl adjacent to an activating group) is 1. The Balaban J connectivity index is 2.13. The third-order valence-corrected chi connectivity index (χ3v) is 3.95. The maximum atomic E-state index is 5.98. The van der Waals surface area contributed by atoms with Gasteiger partial charge >= 0.3 is 0 Å². The summed E-state index contributed by atoms with van der Waals surface area (Å²) in [6, 6.07) is 2.53. The van der Waals surface area contributed by atoms with Crippen molar-refractivity contribution in [3.8, 4) is 0 Å². The molecule has 0 bridgehead atoms. The number of rotatable bonds is 5. The lowest BCUT2D eigenvalue weighted by Gasteiger charge is -2.34. The normalized spacial score (nSPS) is 25.6. The molecular weight excluding hydrogens is 226 g/mol. The molecule has 2 heterocycles. The Bertz CT molecular complexity index is 394. The van der Waals surface area contributed by atoms with Crippen molar-refractivity contribution in [2.24, 2.45) is 7.05 Å². The molecule has 1 aliphatic heterocycles. The van der Waals surface area contributed by atoms with E-state index in [0.717, 1.165) is 31.7 Å². The fourth-order valence-corrected chi connectivity index (χ4v) is 2.89. The second kappa shape index (κ2) is 5.41. The molecule has 2 rings (SSSR count). The Hall–Kier alpha value is -0.870. The maximum Gasteiger partial charge on any atom is 0.0811 e. The van der Waals surface area contributed by atoms with Crippen LogP contribution in [0.1, 0.15) is 38.1 Å². The van der Waals surface area contributed by atoms with Gasteiger partial charge in [0.05, 0.1) is 11.3 Å². The Morgan fingerprint density at radius 2 is 2.39 bits per heavy atom. The van der Waals surface area contributed by atoms with Gasteiger partial charge in [0.2, 0.25) is 0 Å². The van der Waals surface area contributed by atoms with Gasteiger partial charge in [0.25, 0.3) is 0 Å². The van der Waals surface area contributed by atoms with Crippen molar-refractivity contribution in [2.45, 2.75) is 51.7 Å². The standard InChI is InChI=1S/C14H25N3O/c1-5-15-13(14(3)7-6-8-18-14)10-12-9-11(2)16-17(12)4/h9,13,15H,5-8,10H2,1-4H3. The van der Waals surface area contributed by atoms with Crippen LogP contribution >= 0.6 is 0 Å². The molecule has 1 saturated heterocycles. The van der Waals surface area contributed by atoms with Crippen LogP contribution in [0.2, 0.25) is 0 Å². The molecule has 1 aromatic rings. The minimum atomic E-state index is -0.0335. The molecule has 1 N–H and O–H groups in total. The summed E-state index contributed by atoms with van der Waals surface area (Å²) in [6.07, 6.45) is 3.28. The van der Waals surface area contributed by atoms with Gasteiger partial charge in [-0.3, -0.25) is 4.68 Å². The highest BCUT2D eigenvalue weighted by molar-refractivity contribution is 5.12. The second-order valence-electron chi connectivity index (χ2n) is 5.48. The fraction of sp³-hybridized carbons (Fsp3) is 0.786. The van der Waals surface area contributed by atoms with Gasteiger partial charge in [-0.2, -0.15) is 5.10 Å². The summed E-state index contributed by atoms with van der Waals surface area (Å²) in [4.78, 5) is 0. The molecule has 2 unspecified atom stereocenters. The first kappa shape index (κ1) is 13.6. The number of hydrogen-bond acceptors (Lipinski definition) is 3. The van der Waals surface area contributed by atoms with Gasteiger partial charge in [-0.25, -0.2) is 0 Å². The van der Waals surface area contributed by atoms with Gasteiger partial charge in [-0.1, -0.05) is 6.92 Å². The highest BCUT2D eigenvalue weighted by atomic mass is 16.5. The smallest absolute Gasteiger partial charge is 0.0811 e. The highest BCUT2D eigenvalue weighted by Crippen LogP contribution is 2.30. The van der Waals surface area contributed by atoms with Crippen LogP contribution in [0.4, 0.5) is 0 Å². The lowest BCUT2D eigenvalue weighted by atomic mass is 9.89. The minimum Gasteiger partial charge on any atom is -0.374 e. The molecule has 0 aliphatic carbocycles. The summed E-state index contributed by atoms with van der Waals surface area (Å²) in [5, 5.41) is 8.01. The topological polar surface area (TPSA) is 39.1 Å². The van der Waals surface area contributed by atoms with Crippen LogP contribution in [0.15, 0.2) is 6.07 Å². The van der Waals surface area contributed by atoms with Crippen LogP contribution in [-0.4, -0.2) is 34.6 Å². The van der Waals surface area contributed by atoms with Gasteiger partial charge in [0, 0.05) is 31.8 Å². The van der Waals surface area contributed by atoms with E-state index in [1.807, 2.05) is 18.7 Å². The lowest BCUT2D eigenvalue weighted by Crippen LogP contribution is -2.50. The molecule has 2 atom stereocenters. The van der Waals surface area contributed by atoms with Crippen LogP contribution in [0.3, 0.4) is 0 Å². The zero-order valence-electron chi connectivity index (χ0n) is 12.0. The van der Waals surface area contributed by atoms with E-state index in [2.05, 4.69) is 30.3 Å². The summed E-state index contributed by atoms with van der Waals surface area (Å²) >= 11 is 0. The van der Waals surface area contributed by atoms with Gasteiger partial charge in [0.15, 0.2) is 0 Å². The van der Waals surface area contributed by atoms with Gasteiger partial charge in [-0.15, -0.1) is 0 Å². The molecular formula is C14H25N3O. The summed E-state index contributed by atoms with van der Waals surface area (Å²) in [5.74, 6) is 0. The molecule has 102 valence electrons. The van der Waals surface area contributed by atoms with Crippen LogP contribution in [-0.2, 0) is 18.2 Å². The van der Waals surface area contributed by atoms with Crippen molar-refractivity contribution in [1.29, 1.82) is 0 Å². The predicted molar refractivity (Wildman–Crippen MR) is 72.7 cm³/mol. The highest BCUT2D eigenvalue weighted by Gasteiger charge is 2.38. The van der Waals surface area contributed by atoms with E-state index < -0.39 is 0 Å². The molecule has 1 aliphatic rings. The molecule has 18 heavy (non-hydrogen) atoms. The largest absolute Gasteiger partial charge is 0.374 e. The van der Waals surface area contributed by atoms with Gasteiger partial charge in [-0.05, 0) is 39.3 Å². The minimum absolute atomic E-state index is 0.0335. The molecule has 1 aromatic heterocycles. The Kier molecular flexibility index (Phi) is 4.07. The van der Waals surface area contributed by atoms with Crippen LogP contribution in [0.25, 0.3) is 0 Å².